The van der Waals surface area contributed by atoms with E-state index in [1.165, 1.54) is 0 Å². The van der Waals surface area contributed by atoms with Gasteiger partial charge in [-0.1, -0.05) is 26.0 Å². The molecule has 1 aliphatic rings. The van der Waals surface area contributed by atoms with Crippen LogP contribution in [-0.4, -0.2) is 25.5 Å². The van der Waals surface area contributed by atoms with Crippen LogP contribution in [-0.2, 0) is 16.3 Å². The van der Waals surface area contributed by atoms with Crippen molar-refractivity contribution in [2.24, 2.45) is 5.92 Å². The summed E-state index contributed by atoms with van der Waals surface area (Å²) in [5, 5.41) is 12.4. The molecule has 2 aromatic carbocycles. The number of rotatable bonds is 5. The Hall–Kier alpha value is -2.21. The molecule has 1 aliphatic heterocycles. The van der Waals surface area contributed by atoms with E-state index in [4.69, 9.17) is 4.74 Å². The fourth-order valence-corrected chi connectivity index (χ4v) is 4.87. The number of hydrogen-bond acceptors (Lipinski definition) is 5. The quantitative estimate of drug-likeness (QED) is 0.797. The maximum atomic E-state index is 13.2. The maximum Gasteiger partial charge on any atom is 0.199 e. The third kappa shape index (κ3) is 3.31. The van der Waals surface area contributed by atoms with Gasteiger partial charge in [-0.25, -0.2) is 8.42 Å². The molecule has 0 bridgehead atoms. The van der Waals surface area contributed by atoms with Gasteiger partial charge in [0.05, 0.1) is 17.2 Å². The number of fused-ring (bicyclic) bond motifs is 1. The Morgan fingerprint density at radius 1 is 1.20 bits per heavy atom. The number of hydrogen-bond donors (Lipinski definition) is 2. The summed E-state index contributed by atoms with van der Waals surface area (Å²) in [5.41, 5.74) is 2.04. The second-order valence-corrected chi connectivity index (χ2v) is 8.76. The van der Waals surface area contributed by atoms with Gasteiger partial charge in [0, 0.05) is 6.42 Å². The molecule has 25 heavy (non-hydrogen) atoms. The van der Waals surface area contributed by atoms with Gasteiger partial charge in [-0.2, -0.15) is 0 Å². The summed E-state index contributed by atoms with van der Waals surface area (Å²) < 4.78 is 31.8. The van der Waals surface area contributed by atoms with Crippen LogP contribution in [0.4, 0.5) is 5.69 Å². The molecule has 0 aromatic heterocycles. The fraction of sp³-hybridized carbons (Fsp3) is 0.368. The zero-order valence-electron chi connectivity index (χ0n) is 14.6. The van der Waals surface area contributed by atoms with E-state index in [1.807, 2.05) is 13.8 Å². The summed E-state index contributed by atoms with van der Waals surface area (Å²) in [5.74, 6) is 0.643. The normalized spacial score (nSPS) is 14.9. The minimum absolute atomic E-state index is 0.0747. The smallest absolute Gasteiger partial charge is 0.199 e. The third-order valence-electron chi connectivity index (χ3n) is 4.46. The van der Waals surface area contributed by atoms with E-state index < -0.39 is 15.2 Å². The van der Waals surface area contributed by atoms with Crippen LogP contribution in [0.5, 0.6) is 11.5 Å². The Balaban J connectivity index is 1.98. The van der Waals surface area contributed by atoms with Crippen molar-refractivity contribution in [2.75, 3.05) is 11.9 Å². The van der Waals surface area contributed by atoms with E-state index in [2.05, 4.69) is 5.32 Å². The molecule has 0 aliphatic carbocycles. The molecule has 2 N–H and O–H groups in total. The summed E-state index contributed by atoms with van der Waals surface area (Å²) in [4.78, 5) is 0.273. The lowest BCUT2D eigenvalue weighted by molar-refractivity contribution is 0.356. The van der Waals surface area contributed by atoms with Gasteiger partial charge in [-0.05, 0) is 48.2 Å². The average molecular weight is 361 g/mol. The molecule has 0 saturated heterocycles. The van der Waals surface area contributed by atoms with Crippen LogP contribution >= 0.6 is 0 Å². The van der Waals surface area contributed by atoms with E-state index in [9.17, 15) is 13.5 Å². The summed E-state index contributed by atoms with van der Waals surface area (Å²) in [6.45, 7) is 6.05. The number of aryl methyl sites for hydroxylation is 1. The molecule has 6 heteroatoms. The number of nitrogens with one attached hydrogen (secondary N) is 1. The molecular weight excluding hydrogens is 338 g/mol. The van der Waals surface area contributed by atoms with Crippen LogP contribution in [0.3, 0.4) is 0 Å². The van der Waals surface area contributed by atoms with Gasteiger partial charge in [0.1, 0.15) is 16.9 Å². The molecular formula is C19H23NO4S. The van der Waals surface area contributed by atoms with Crippen molar-refractivity contribution >= 4 is 15.5 Å². The van der Waals surface area contributed by atoms with Crippen LogP contribution in [0.25, 0.3) is 0 Å². The van der Waals surface area contributed by atoms with E-state index in [1.54, 1.807) is 43.3 Å². The van der Waals surface area contributed by atoms with Gasteiger partial charge in [0.2, 0.25) is 0 Å². The topological polar surface area (TPSA) is 75.6 Å². The van der Waals surface area contributed by atoms with E-state index in [0.29, 0.717) is 17.9 Å². The van der Waals surface area contributed by atoms with Crippen LogP contribution < -0.4 is 10.1 Å². The number of phenols is 1. The number of phenolic OH excluding ortho intramolecular Hbond substituents is 1. The molecule has 0 saturated carbocycles. The Morgan fingerprint density at radius 3 is 2.68 bits per heavy atom. The summed E-state index contributed by atoms with van der Waals surface area (Å²) >= 11 is 0. The van der Waals surface area contributed by atoms with Crippen molar-refractivity contribution in [1.82, 2.24) is 0 Å². The standard InChI is InChI=1S/C19H23NO4S/c1-12(2)19(20-16-6-4-5-13(3)18(16)21)25(22,23)15-7-8-17-14(11-15)9-10-24-17/h4-8,11-12,19-21H,9-10H2,1-3H3/t19-/m0/s1. The molecule has 0 radical (unpaired) electrons. The molecule has 5 nitrogen and oxygen atoms in total. The third-order valence-corrected chi connectivity index (χ3v) is 6.71. The predicted molar refractivity (Wildman–Crippen MR) is 97.9 cm³/mol. The molecule has 134 valence electrons. The molecule has 1 heterocycles. The van der Waals surface area contributed by atoms with E-state index >= 15 is 0 Å². The number of sulfone groups is 1. The highest BCUT2D eigenvalue weighted by Gasteiger charge is 2.32. The lowest BCUT2D eigenvalue weighted by atomic mass is 10.1. The monoisotopic (exact) mass is 361 g/mol. The minimum atomic E-state index is -3.63. The number of aromatic hydroxyl groups is 1. The average Bonchev–Trinajstić information content (AvgIpc) is 3.03. The zero-order valence-corrected chi connectivity index (χ0v) is 15.4. The van der Waals surface area contributed by atoms with Gasteiger partial charge >= 0.3 is 0 Å². The molecule has 1 atom stereocenters. The van der Waals surface area contributed by atoms with Crippen LogP contribution in [0.2, 0.25) is 0 Å². The maximum absolute atomic E-state index is 13.2. The molecule has 0 spiro atoms. The fourth-order valence-electron chi connectivity index (χ4n) is 3.02. The Morgan fingerprint density at radius 2 is 1.96 bits per heavy atom. The van der Waals surface area contributed by atoms with Crippen molar-refractivity contribution in [3.8, 4) is 11.5 Å². The van der Waals surface area contributed by atoms with Crippen molar-refractivity contribution < 1.29 is 18.3 Å². The van der Waals surface area contributed by atoms with Crippen LogP contribution in [0.15, 0.2) is 41.3 Å². The summed E-state index contributed by atoms with van der Waals surface area (Å²) in [6, 6.07) is 10.3. The molecule has 3 rings (SSSR count). The van der Waals surface area contributed by atoms with Gasteiger partial charge in [-0.3, -0.25) is 0 Å². The van der Waals surface area contributed by atoms with Gasteiger partial charge in [0.15, 0.2) is 9.84 Å². The highest BCUT2D eigenvalue weighted by Crippen LogP contribution is 2.33. The van der Waals surface area contributed by atoms with Gasteiger partial charge in [-0.15, -0.1) is 0 Å². The number of benzene rings is 2. The molecule has 0 fully saturated rings. The number of ether oxygens (including phenoxy) is 1. The SMILES string of the molecule is Cc1cccc(N[C@H](C(C)C)S(=O)(=O)c2ccc3c(c2)CCO3)c1O. The zero-order chi connectivity index (χ0) is 18.2. The molecule has 0 amide bonds. The van der Waals surface area contributed by atoms with Crippen molar-refractivity contribution in [2.45, 2.75) is 37.5 Å². The number of para-hydroxylation sites is 1. The molecule has 2 aromatic rings. The predicted octanol–water partition coefficient (Wildman–Crippen LogP) is 3.50. The highest BCUT2D eigenvalue weighted by molar-refractivity contribution is 7.92. The Kier molecular flexibility index (Phi) is 4.64. The first-order valence-electron chi connectivity index (χ1n) is 8.35. The van der Waals surface area contributed by atoms with E-state index in [0.717, 1.165) is 17.7 Å². The van der Waals surface area contributed by atoms with Gasteiger partial charge < -0.3 is 15.2 Å². The Labute approximate surface area is 148 Å². The highest BCUT2D eigenvalue weighted by atomic mass is 32.2. The first kappa shape index (κ1) is 17.6. The largest absolute Gasteiger partial charge is 0.506 e. The number of anilines is 1. The minimum Gasteiger partial charge on any atom is -0.506 e. The van der Waals surface area contributed by atoms with Crippen molar-refractivity contribution in [3.63, 3.8) is 0 Å². The van der Waals surface area contributed by atoms with Crippen molar-refractivity contribution in [3.05, 3.63) is 47.5 Å². The molecule has 0 unspecified atom stereocenters. The van der Waals surface area contributed by atoms with Crippen LogP contribution in [0.1, 0.15) is 25.0 Å². The Bertz CT molecular complexity index is 890. The van der Waals surface area contributed by atoms with Gasteiger partial charge in [0.25, 0.3) is 0 Å². The first-order valence-corrected chi connectivity index (χ1v) is 9.90. The first-order chi connectivity index (χ1) is 11.8. The second-order valence-electron chi connectivity index (χ2n) is 6.69. The lowest BCUT2D eigenvalue weighted by Crippen LogP contribution is -2.34. The summed E-state index contributed by atoms with van der Waals surface area (Å²) in [7, 11) is -3.63. The summed E-state index contributed by atoms with van der Waals surface area (Å²) in [6.07, 6.45) is 0.719. The van der Waals surface area contributed by atoms with E-state index in [-0.39, 0.29) is 16.6 Å². The van der Waals surface area contributed by atoms with Crippen molar-refractivity contribution in [1.29, 1.82) is 0 Å². The van der Waals surface area contributed by atoms with Crippen LogP contribution in [0, 0.1) is 12.8 Å². The second kappa shape index (κ2) is 6.59. The lowest BCUT2D eigenvalue weighted by Gasteiger charge is -2.24.